The van der Waals surface area contributed by atoms with Crippen molar-refractivity contribution in [2.24, 2.45) is 10.9 Å². The van der Waals surface area contributed by atoms with Crippen molar-refractivity contribution in [1.29, 1.82) is 0 Å². The third-order valence-corrected chi connectivity index (χ3v) is 1.58. The second-order valence-corrected chi connectivity index (χ2v) is 2.29. The van der Waals surface area contributed by atoms with E-state index in [9.17, 15) is 4.79 Å². The second kappa shape index (κ2) is 2.35. The van der Waals surface area contributed by atoms with Gasteiger partial charge in [-0.1, -0.05) is 0 Å². The van der Waals surface area contributed by atoms with Crippen molar-refractivity contribution in [2.45, 2.75) is 0 Å². The maximum absolute atomic E-state index is 11.1. The van der Waals surface area contributed by atoms with E-state index < -0.39 is 0 Å². The first-order valence-corrected chi connectivity index (χ1v) is 3.31. The van der Waals surface area contributed by atoms with Crippen molar-refractivity contribution in [3.05, 3.63) is 12.4 Å². The normalized spacial score (nSPS) is 28.2. The van der Waals surface area contributed by atoms with E-state index in [-0.39, 0.29) is 11.8 Å². The first-order chi connectivity index (χ1) is 5.38. The fourth-order valence-electron chi connectivity index (χ4n) is 1.01. The summed E-state index contributed by atoms with van der Waals surface area (Å²) in [4.78, 5) is 19.9. The van der Waals surface area contributed by atoms with Gasteiger partial charge in [-0.25, -0.2) is 4.99 Å². The number of aliphatic imine (C=N–C) groups is 1. The highest BCUT2D eigenvalue weighted by molar-refractivity contribution is 6.02. The van der Waals surface area contributed by atoms with E-state index >= 15 is 0 Å². The zero-order chi connectivity index (χ0) is 7.68. The van der Waals surface area contributed by atoms with Crippen LogP contribution in [0.15, 0.2) is 17.4 Å². The van der Waals surface area contributed by atoms with Crippen LogP contribution in [-0.4, -0.2) is 18.3 Å². The number of carbonyl (C=O) groups excluding carboxylic acids is 1. The van der Waals surface area contributed by atoms with Crippen molar-refractivity contribution in [1.82, 2.24) is 10.8 Å². The number of nitrogens with zero attached hydrogens (tertiary/aromatic N) is 1. The number of hydrogen-bond acceptors (Lipinski definition) is 4. The van der Waals surface area contributed by atoms with Gasteiger partial charge >= 0.3 is 0 Å². The molecule has 0 aliphatic carbocycles. The number of rotatable bonds is 0. The number of hydroxylamine groups is 1. The first-order valence-electron chi connectivity index (χ1n) is 3.31. The fourth-order valence-corrected chi connectivity index (χ4v) is 1.01. The van der Waals surface area contributed by atoms with Gasteiger partial charge in [-0.3, -0.25) is 4.79 Å². The van der Waals surface area contributed by atoms with Gasteiger partial charge in [-0.05, 0) is 0 Å². The smallest absolute Gasteiger partial charge is 0.237 e. The molecule has 2 N–H and O–H groups in total. The molecule has 0 aromatic heterocycles. The molecule has 1 atom stereocenters. The van der Waals surface area contributed by atoms with Crippen LogP contribution >= 0.6 is 0 Å². The summed E-state index contributed by atoms with van der Waals surface area (Å²) in [6.07, 6.45) is 3.00. The Morgan fingerprint density at radius 3 is 3.55 bits per heavy atom. The topological polar surface area (TPSA) is 62.7 Å². The van der Waals surface area contributed by atoms with E-state index in [0.717, 1.165) is 0 Å². The van der Waals surface area contributed by atoms with Gasteiger partial charge in [0.1, 0.15) is 5.92 Å². The van der Waals surface area contributed by atoms with Crippen molar-refractivity contribution < 1.29 is 9.63 Å². The lowest BCUT2D eigenvalue weighted by Gasteiger charge is -2.01. The monoisotopic (exact) mass is 153 g/mol. The van der Waals surface area contributed by atoms with Gasteiger partial charge in [0.25, 0.3) is 0 Å². The molecule has 2 aliphatic heterocycles. The molecule has 1 amide bonds. The molecule has 1 saturated heterocycles. The second-order valence-electron chi connectivity index (χ2n) is 2.29. The molecule has 0 aromatic rings. The molecule has 0 aromatic carbocycles. The lowest BCUT2D eigenvalue weighted by molar-refractivity contribution is -0.121. The third-order valence-electron chi connectivity index (χ3n) is 1.58. The molecular weight excluding hydrogens is 146 g/mol. The van der Waals surface area contributed by atoms with Gasteiger partial charge in [-0.15, -0.1) is 0 Å². The average molecular weight is 153 g/mol. The zero-order valence-corrected chi connectivity index (χ0v) is 5.70. The molecule has 5 heteroatoms. The van der Waals surface area contributed by atoms with Crippen molar-refractivity contribution >= 4 is 11.8 Å². The van der Waals surface area contributed by atoms with Gasteiger partial charge in [-0.2, -0.15) is 5.48 Å². The zero-order valence-electron chi connectivity index (χ0n) is 5.70. The Labute approximate surface area is 63.1 Å². The number of hydrogen-bond donors (Lipinski definition) is 2. The Morgan fingerprint density at radius 1 is 1.73 bits per heavy atom. The molecule has 11 heavy (non-hydrogen) atoms. The quantitative estimate of drug-likeness (QED) is 0.476. The molecule has 0 bridgehead atoms. The minimum Gasteiger partial charge on any atom is -0.392 e. The van der Waals surface area contributed by atoms with E-state index in [0.29, 0.717) is 12.4 Å². The highest BCUT2D eigenvalue weighted by Gasteiger charge is 2.31. The molecule has 2 heterocycles. The Hall–Kier alpha value is -1.36. The molecule has 0 radical (unpaired) electrons. The van der Waals surface area contributed by atoms with E-state index in [4.69, 9.17) is 4.84 Å². The average Bonchev–Trinajstić information content (AvgIpc) is 2.40. The molecule has 1 fully saturated rings. The molecule has 5 nitrogen and oxygen atoms in total. The summed E-state index contributed by atoms with van der Waals surface area (Å²) >= 11 is 0. The Bertz CT molecular complexity index is 246. The molecule has 2 aliphatic rings. The van der Waals surface area contributed by atoms with Crippen LogP contribution in [0.2, 0.25) is 0 Å². The van der Waals surface area contributed by atoms with Crippen LogP contribution in [-0.2, 0) is 9.63 Å². The van der Waals surface area contributed by atoms with Crippen LogP contribution < -0.4 is 10.8 Å². The third kappa shape index (κ3) is 0.988. The fraction of sp³-hybridized carbons (Fsp3) is 0.333. The Balaban J connectivity index is 2.29. The SMILES string of the molecule is O=C1NC=CN=C2ONCC12. The van der Waals surface area contributed by atoms with Crippen molar-refractivity contribution in [3.63, 3.8) is 0 Å². The van der Waals surface area contributed by atoms with Gasteiger partial charge in [0.2, 0.25) is 11.8 Å². The van der Waals surface area contributed by atoms with Crippen molar-refractivity contribution in [3.8, 4) is 0 Å². The molecular formula is C6H7N3O2. The van der Waals surface area contributed by atoms with E-state index in [2.05, 4.69) is 15.8 Å². The van der Waals surface area contributed by atoms with Crippen molar-refractivity contribution in [2.75, 3.05) is 6.54 Å². The van der Waals surface area contributed by atoms with Crippen LogP contribution in [0, 0.1) is 5.92 Å². The highest BCUT2D eigenvalue weighted by atomic mass is 16.7. The molecule has 58 valence electrons. The van der Waals surface area contributed by atoms with Crippen LogP contribution in [0.1, 0.15) is 0 Å². The lowest BCUT2D eigenvalue weighted by Crippen LogP contribution is -2.30. The maximum atomic E-state index is 11.1. The summed E-state index contributed by atoms with van der Waals surface area (Å²) in [6.45, 7) is 0.492. The lowest BCUT2D eigenvalue weighted by atomic mass is 10.1. The minimum atomic E-state index is -0.273. The standard InChI is InChI=1S/C6H7N3O2/c10-5-4-3-9-11-6(4)8-2-1-7-5/h1-2,4,9H,3H2,(H,7,10). The first kappa shape index (κ1) is 6.36. The summed E-state index contributed by atoms with van der Waals surface area (Å²) in [6, 6.07) is 0. The van der Waals surface area contributed by atoms with Gasteiger partial charge in [0.05, 0.1) is 6.54 Å². The summed E-state index contributed by atoms with van der Waals surface area (Å²) in [7, 11) is 0. The van der Waals surface area contributed by atoms with E-state index in [1.807, 2.05) is 0 Å². The maximum Gasteiger partial charge on any atom is 0.237 e. The van der Waals surface area contributed by atoms with E-state index in [1.54, 1.807) is 0 Å². The van der Waals surface area contributed by atoms with Crippen LogP contribution in [0.3, 0.4) is 0 Å². The predicted molar refractivity (Wildman–Crippen MR) is 37.3 cm³/mol. The Morgan fingerprint density at radius 2 is 2.64 bits per heavy atom. The Kier molecular flexibility index (Phi) is 1.36. The van der Waals surface area contributed by atoms with Gasteiger partial charge in [0.15, 0.2) is 0 Å². The molecule has 1 unspecified atom stereocenters. The van der Waals surface area contributed by atoms with Gasteiger partial charge < -0.3 is 10.2 Å². The predicted octanol–water partition coefficient (Wildman–Crippen LogP) is -0.863. The summed E-state index contributed by atoms with van der Waals surface area (Å²) in [5, 5.41) is 2.56. The number of fused-ring (bicyclic) bond motifs is 1. The molecule has 0 spiro atoms. The molecule has 2 rings (SSSR count). The highest BCUT2D eigenvalue weighted by Crippen LogP contribution is 2.09. The van der Waals surface area contributed by atoms with Crippen LogP contribution in [0.25, 0.3) is 0 Å². The van der Waals surface area contributed by atoms with E-state index in [1.165, 1.54) is 12.4 Å². The van der Waals surface area contributed by atoms with Crippen LogP contribution in [0.5, 0.6) is 0 Å². The number of nitrogens with one attached hydrogen (secondary N) is 2. The van der Waals surface area contributed by atoms with Crippen LogP contribution in [0.4, 0.5) is 0 Å². The summed E-state index contributed by atoms with van der Waals surface area (Å²) in [5.41, 5.74) is 2.60. The largest absolute Gasteiger partial charge is 0.392 e. The summed E-state index contributed by atoms with van der Waals surface area (Å²) in [5.74, 6) is 0.0868. The number of carbonyl (C=O) groups is 1. The number of amides is 1. The molecule has 0 saturated carbocycles. The van der Waals surface area contributed by atoms with Gasteiger partial charge in [0, 0.05) is 12.4 Å². The summed E-state index contributed by atoms with van der Waals surface area (Å²) < 4.78 is 0. The minimum absolute atomic E-state index is 0.0810.